The van der Waals surface area contributed by atoms with Gasteiger partial charge in [-0.15, -0.1) is 0 Å². The van der Waals surface area contributed by atoms with Crippen molar-refractivity contribution >= 4 is 27.5 Å². The number of nitrogens with zero attached hydrogens (tertiary/aromatic N) is 2. The summed E-state index contributed by atoms with van der Waals surface area (Å²) in [6.45, 7) is 8.77. The molecule has 1 N–H and O–H groups in total. The maximum atomic E-state index is 13.3. The molecular weight excluding hydrogens is 462 g/mol. The molecule has 2 aromatic carbocycles. The second kappa shape index (κ2) is 13.3. The van der Waals surface area contributed by atoms with Gasteiger partial charge in [0.25, 0.3) is 0 Å². The zero-order chi connectivity index (χ0) is 26.0. The van der Waals surface area contributed by atoms with Gasteiger partial charge in [0, 0.05) is 26.1 Å². The fourth-order valence-electron chi connectivity index (χ4n) is 3.91. The molecule has 35 heavy (non-hydrogen) atoms. The van der Waals surface area contributed by atoms with E-state index in [0.29, 0.717) is 25.2 Å². The van der Waals surface area contributed by atoms with E-state index in [0.717, 1.165) is 29.5 Å². The SMILES string of the molecule is CCCCNC(=O)[C@H](C)N(Cc1cccc(C)c1)C(=O)CCCN(c1cccc(C)c1)S(C)(=O)=O. The van der Waals surface area contributed by atoms with E-state index in [1.165, 1.54) is 10.6 Å². The predicted octanol–water partition coefficient (Wildman–Crippen LogP) is 4.18. The number of hydrogen-bond acceptors (Lipinski definition) is 4. The van der Waals surface area contributed by atoms with Crippen LogP contribution in [0.1, 0.15) is 56.2 Å². The Hall–Kier alpha value is -2.87. The molecule has 0 aliphatic rings. The zero-order valence-corrected chi connectivity index (χ0v) is 22.4. The van der Waals surface area contributed by atoms with Crippen molar-refractivity contribution < 1.29 is 18.0 Å². The minimum atomic E-state index is -3.50. The summed E-state index contributed by atoms with van der Waals surface area (Å²) in [5.74, 6) is -0.362. The number of nitrogens with one attached hydrogen (secondary N) is 1. The normalized spacial score (nSPS) is 12.1. The molecule has 8 heteroatoms. The van der Waals surface area contributed by atoms with Crippen molar-refractivity contribution in [2.75, 3.05) is 23.7 Å². The van der Waals surface area contributed by atoms with E-state index in [4.69, 9.17) is 0 Å². The number of aryl methyl sites for hydroxylation is 2. The fourth-order valence-corrected chi connectivity index (χ4v) is 4.87. The number of rotatable bonds is 13. The van der Waals surface area contributed by atoms with E-state index in [9.17, 15) is 18.0 Å². The lowest BCUT2D eigenvalue weighted by atomic mass is 10.1. The van der Waals surface area contributed by atoms with Crippen molar-refractivity contribution in [1.82, 2.24) is 10.2 Å². The van der Waals surface area contributed by atoms with Gasteiger partial charge in [-0.25, -0.2) is 8.42 Å². The van der Waals surface area contributed by atoms with Crippen LogP contribution in [0.4, 0.5) is 5.69 Å². The molecule has 0 heterocycles. The topological polar surface area (TPSA) is 86.8 Å². The highest BCUT2D eigenvalue weighted by atomic mass is 32.2. The Labute approximate surface area is 210 Å². The molecule has 0 saturated heterocycles. The van der Waals surface area contributed by atoms with Gasteiger partial charge in [-0.1, -0.05) is 55.3 Å². The van der Waals surface area contributed by atoms with E-state index in [2.05, 4.69) is 12.2 Å². The Morgan fingerprint density at radius 2 is 1.66 bits per heavy atom. The van der Waals surface area contributed by atoms with E-state index >= 15 is 0 Å². The average Bonchev–Trinajstić information content (AvgIpc) is 2.79. The van der Waals surface area contributed by atoms with Gasteiger partial charge in [0.15, 0.2) is 0 Å². The second-order valence-corrected chi connectivity index (χ2v) is 11.0. The van der Waals surface area contributed by atoms with Crippen LogP contribution in [0.5, 0.6) is 0 Å². The van der Waals surface area contributed by atoms with Gasteiger partial charge in [-0.2, -0.15) is 0 Å². The van der Waals surface area contributed by atoms with Gasteiger partial charge in [0.2, 0.25) is 21.8 Å². The quantitative estimate of drug-likeness (QED) is 0.417. The molecule has 0 aliphatic heterocycles. The summed E-state index contributed by atoms with van der Waals surface area (Å²) in [6.07, 6.45) is 3.50. The summed E-state index contributed by atoms with van der Waals surface area (Å²) in [5.41, 5.74) is 3.57. The van der Waals surface area contributed by atoms with Crippen LogP contribution in [0.25, 0.3) is 0 Å². The van der Waals surface area contributed by atoms with Crippen molar-refractivity contribution in [1.29, 1.82) is 0 Å². The minimum absolute atomic E-state index is 0.135. The van der Waals surface area contributed by atoms with Crippen LogP contribution >= 0.6 is 0 Å². The van der Waals surface area contributed by atoms with Gasteiger partial charge >= 0.3 is 0 Å². The Bertz CT molecular complexity index is 1100. The summed E-state index contributed by atoms with van der Waals surface area (Å²) in [5, 5.41) is 2.92. The van der Waals surface area contributed by atoms with Crippen molar-refractivity contribution in [3.8, 4) is 0 Å². The lowest BCUT2D eigenvalue weighted by Crippen LogP contribution is -2.48. The van der Waals surface area contributed by atoms with E-state index < -0.39 is 16.1 Å². The van der Waals surface area contributed by atoms with Gasteiger partial charge in [-0.05, 0) is 56.9 Å². The van der Waals surface area contributed by atoms with E-state index in [1.807, 2.05) is 56.3 Å². The lowest BCUT2D eigenvalue weighted by molar-refractivity contribution is -0.140. The third kappa shape index (κ3) is 9.02. The predicted molar refractivity (Wildman–Crippen MR) is 142 cm³/mol. The molecule has 0 unspecified atom stereocenters. The Balaban J connectivity index is 2.14. The molecule has 0 aromatic heterocycles. The van der Waals surface area contributed by atoms with Crippen molar-refractivity contribution in [2.45, 2.75) is 66.0 Å². The molecule has 1 atom stereocenters. The van der Waals surface area contributed by atoms with E-state index in [1.54, 1.807) is 17.9 Å². The summed E-state index contributed by atoms with van der Waals surface area (Å²) in [7, 11) is -3.50. The number of anilines is 1. The highest BCUT2D eigenvalue weighted by Crippen LogP contribution is 2.20. The first-order valence-corrected chi connectivity index (χ1v) is 14.0. The van der Waals surface area contributed by atoms with Gasteiger partial charge in [0.1, 0.15) is 6.04 Å². The Morgan fingerprint density at radius 3 is 2.26 bits per heavy atom. The molecule has 0 saturated carbocycles. The summed E-state index contributed by atoms with van der Waals surface area (Å²) in [6, 6.07) is 14.5. The maximum Gasteiger partial charge on any atom is 0.242 e. The van der Waals surface area contributed by atoms with E-state index in [-0.39, 0.29) is 24.8 Å². The monoisotopic (exact) mass is 501 g/mol. The first-order valence-electron chi connectivity index (χ1n) is 12.2. The molecular formula is C27H39N3O4S. The van der Waals surface area contributed by atoms with Crippen LogP contribution in [0.3, 0.4) is 0 Å². The number of carbonyl (C=O) groups is 2. The molecule has 0 spiro atoms. The molecule has 192 valence electrons. The summed E-state index contributed by atoms with van der Waals surface area (Å²) in [4.78, 5) is 27.7. The number of unbranched alkanes of at least 4 members (excludes halogenated alkanes) is 1. The number of sulfonamides is 1. The van der Waals surface area contributed by atoms with Crippen LogP contribution in [0, 0.1) is 13.8 Å². The Kier molecular flexibility index (Phi) is 10.8. The first-order chi connectivity index (χ1) is 16.5. The molecule has 7 nitrogen and oxygen atoms in total. The average molecular weight is 502 g/mol. The lowest BCUT2D eigenvalue weighted by Gasteiger charge is -2.29. The van der Waals surface area contributed by atoms with Gasteiger partial charge < -0.3 is 10.2 Å². The number of benzene rings is 2. The fraction of sp³-hybridized carbons (Fsp3) is 0.481. The van der Waals surface area contributed by atoms with Crippen LogP contribution in [-0.4, -0.2) is 50.5 Å². The van der Waals surface area contributed by atoms with Crippen LogP contribution < -0.4 is 9.62 Å². The molecule has 2 rings (SSSR count). The highest BCUT2D eigenvalue weighted by Gasteiger charge is 2.26. The second-order valence-electron chi connectivity index (χ2n) is 9.11. The van der Waals surface area contributed by atoms with Crippen molar-refractivity contribution in [3.63, 3.8) is 0 Å². The summed E-state index contributed by atoms with van der Waals surface area (Å²) < 4.78 is 26.2. The van der Waals surface area contributed by atoms with Crippen LogP contribution in [0.15, 0.2) is 48.5 Å². The van der Waals surface area contributed by atoms with Gasteiger partial charge in [0.05, 0.1) is 11.9 Å². The summed E-state index contributed by atoms with van der Waals surface area (Å²) >= 11 is 0. The number of hydrogen-bond donors (Lipinski definition) is 1. The third-order valence-electron chi connectivity index (χ3n) is 5.87. The third-order valence-corrected chi connectivity index (χ3v) is 7.07. The first kappa shape index (κ1) is 28.4. The molecule has 0 radical (unpaired) electrons. The molecule has 2 aromatic rings. The number of carbonyl (C=O) groups excluding carboxylic acids is 2. The van der Waals surface area contributed by atoms with Crippen molar-refractivity contribution in [2.24, 2.45) is 0 Å². The molecule has 2 amide bonds. The molecule has 0 fully saturated rings. The highest BCUT2D eigenvalue weighted by molar-refractivity contribution is 7.92. The van der Waals surface area contributed by atoms with Gasteiger partial charge in [-0.3, -0.25) is 13.9 Å². The largest absolute Gasteiger partial charge is 0.354 e. The molecule has 0 aliphatic carbocycles. The van der Waals surface area contributed by atoms with Crippen molar-refractivity contribution in [3.05, 3.63) is 65.2 Å². The maximum absolute atomic E-state index is 13.3. The standard InChI is InChI=1S/C27H39N3O4S/c1-6-7-16-28-27(32)23(4)29(20-24-13-8-11-21(2)18-24)26(31)15-10-17-30(35(5,33)34)25-14-9-12-22(3)19-25/h8-9,11-14,18-19,23H,6-7,10,15-17,20H2,1-5H3,(H,28,32)/t23-/m0/s1. The Morgan fingerprint density at radius 1 is 1.00 bits per heavy atom. The van der Waals surface area contributed by atoms with Crippen LogP contribution in [0.2, 0.25) is 0 Å². The minimum Gasteiger partial charge on any atom is -0.354 e. The number of amides is 2. The zero-order valence-electron chi connectivity index (χ0n) is 21.6. The smallest absolute Gasteiger partial charge is 0.242 e. The molecule has 0 bridgehead atoms. The van der Waals surface area contributed by atoms with Crippen LogP contribution in [-0.2, 0) is 26.2 Å².